The molecule has 0 atom stereocenters. The Kier molecular flexibility index (Phi) is 4.78. The zero-order valence-corrected chi connectivity index (χ0v) is 14.6. The molecular formula is C17H10ClF3N2O2S. The van der Waals surface area contributed by atoms with Crippen LogP contribution in [-0.4, -0.2) is 11.7 Å². The highest BCUT2D eigenvalue weighted by molar-refractivity contribution is 7.16. The number of nitriles is 1. The molecule has 4 nitrogen and oxygen atoms in total. The predicted octanol–water partition coefficient (Wildman–Crippen LogP) is 4.60. The van der Waals surface area contributed by atoms with Gasteiger partial charge in [-0.15, -0.1) is 11.3 Å². The van der Waals surface area contributed by atoms with Crippen LogP contribution in [0.1, 0.15) is 38.3 Å². The summed E-state index contributed by atoms with van der Waals surface area (Å²) >= 11 is 6.77. The lowest BCUT2D eigenvalue weighted by Gasteiger charge is -2.10. The van der Waals surface area contributed by atoms with Crippen LogP contribution >= 0.6 is 22.9 Å². The molecule has 0 radical (unpaired) electrons. The maximum Gasteiger partial charge on any atom is 0.417 e. The van der Waals surface area contributed by atoms with Gasteiger partial charge in [0.25, 0.3) is 5.91 Å². The number of Topliss-reactive ketones (excluding diaryl/α,β-unsaturated/α-hetero) is 1. The van der Waals surface area contributed by atoms with E-state index < -0.39 is 22.7 Å². The van der Waals surface area contributed by atoms with E-state index in [1.165, 1.54) is 0 Å². The number of alkyl halides is 3. The molecule has 1 amide bonds. The molecule has 0 aliphatic heterocycles. The van der Waals surface area contributed by atoms with E-state index in [2.05, 4.69) is 5.32 Å². The number of hydrogen-bond donors (Lipinski definition) is 1. The van der Waals surface area contributed by atoms with E-state index in [-0.39, 0.29) is 22.8 Å². The van der Waals surface area contributed by atoms with Crippen molar-refractivity contribution < 1.29 is 22.8 Å². The van der Waals surface area contributed by atoms with Crippen LogP contribution in [0.5, 0.6) is 0 Å². The highest BCUT2D eigenvalue weighted by atomic mass is 35.5. The molecule has 2 aromatic rings. The van der Waals surface area contributed by atoms with E-state index in [1.54, 1.807) is 0 Å². The first kappa shape index (κ1) is 18.4. The zero-order chi connectivity index (χ0) is 19.1. The average molecular weight is 399 g/mol. The van der Waals surface area contributed by atoms with Gasteiger partial charge in [-0.3, -0.25) is 9.59 Å². The van der Waals surface area contributed by atoms with Gasteiger partial charge >= 0.3 is 6.18 Å². The van der Waals surface area contributed by atoms with Gasteiger partial charge in [-0.05, 0) is 30.2 Å². The lowest BCUT2D eigenvalue weighted by atomic mass is 9.95. The number of carbonyl (C=O) groups excluding carboxylic acids is 2. The van der Waals surface area contributed by atoms with Crippen molar-refractivity contribution in [3.8, 4) is 6.07 Å². The third-order valence-electron chi connectivity index (χ3n) is 3.98. The van der Waals surface area contributed by atoms with Gasteiger partial charge in [-0.1, -0.05) is 11.6 Å². The predicted molar refractivity (Wildman–Crippen MR) is 90.5 cm³/mol. The van der Waals surface area contributed by atoms with Crippen LogP contribution in [0.2, 0.25) is 5.02 Å². The summed E-state index contributed by atoms with van der Waals surface area (Å²) in [5.41, 5.74) is -0.0467. The second-order valence-electron chi connectivity index (χ2n) is 5.68. The fraction of sp³-hybridized carbons (Fsp3) is 0.235. The SMILES string of the molecule is N#Cc1c(NC(=O)c2ccc(C(F)(F)F)c(Cl)c2)sc2c1CCC(=O)C2. The van der Waals surface area contributed by atoms with Crippen LogP contribution in [0.3, 0.4) is 0 Å². The van der Waals surface area contributed by atoms with Crippen LogP contribution in [0.25, 0.3) is 0 Å². The second kappa shape index (κ2) is 6.74. The van der Waals surface area contributed by atoms with Gasteiger partial charge in [0.05, 0.1) is 16.1 Å². The Labute approximate surface area is 155 Å². The van der Waals surface area contributed by atoms with Crippen molar-refractivity contribution in [3.63, 3.8) is 0 Å². The lowest BCUT2D eigenvalue weighted by Crippen LogP contribution is -2.13. The monoisotopic (exact) mass is 398 g/mol. The Balaban J connectivity index is 1.88. The highest BCUT2D eigenvalue weighted by Gasteiger charge is 2.33. The van der Waals surface area contributed by atoms with Gasteiger partial charge in [0.15, 0.2) is 0 Å². The molecule has 0 unspecified atom stereocenters. The molecule has 1 aliphatic rings. The number of ketones is 1. The summed E-state index contributed by atoms with van der Waals surface area (Å²) < 4.78 is 38.2. The van der Waals surface area contributed by atoms with E-state index in [4.69, 9.17) is 11.6 Å². The third-order valence-corrected chi connectivity index (χ3v) is 5.44. The maximum atomic E-state index is 12.7. The van der Waals surface area contributed by atoms with Crippen molar-refractivity contribution in [2.24, 2.45) is 0 Å². The first-order valence-corrected chi connectivity index (χ1v) is 8.64. The van der Waals surface area contributed by atoms with Crippen molar-refractivity contribution in [1.82, 2.24) is 0 Å². The molecule has 0 saturated carbocycles. The number of amides is 1. The summed E-state index contributed by atoms with van der Waals surface area (Å²) in [6.07, 6.45) is -3.61. The molecule has 1 aromatic carbocycles. The summed E-state index contributed by atoms with van der Waals surface area (Å²) in [6, 6.07) is 4.72. The topological polar surface area (TPSA) is 70.0 Å². The Morgan fingerprint density at radius 3 is 2.65 bits per heavy atom. The third kappa shape index (κ3) is 3.45. The number of rotatable bonds is 2. The van der Waals surface area contributed by atoms with Crippen LogP contribution in [-0.2, 0) is 23.8 Å². The van der Waals surface area contributed by atoms with E-state index >= 15 is 0 Å². The molecule has 1 aliphatic carbocycles. The molecular weight excluding hydrogens is 389 g/mol. The standard InChI is InChI=1S/C17H10ClF3N2O2S/c18-13-5-8(1-4-12(13)17(19,20)21)15(25)23-16-11(7-22)10-3-2-9(24)6-14(10)26-16/h1,4-5H,2-3,6H2,(H,23,25). The molecule has 134 valence electrons. The normalized spacial score (nSPS) is 13.9. The Morgan fingerprint density at radius 1 is 1.31 bits per heavy atom. The molecule has 26 heavy (non-hydrogen) atoms. The smallest absolute Gasteiger partial charge is 0.312 e. The fourth-order valence-electron chi connectivity index (χ4n) is 2.72. The number of halogens is 4. The summed E-state index contributed by atoms with van der Waals surface area (Å²) in [6.45, 7) is 0. The van der Waals surface area contributed by atoms with Crippen molar-refractivity contribution >= 4 is 39.6 Å². The molecule has 0 bridgehead atoms. The van der Waals surface area contributed by atoms with E-state index in [9.17, 15) is 28.0 Å². The number of benzene rings is 1. The number of nitrogens with zero attached hydrogens (tertiary/aromatic N) is 1. The maximum absolute atomic E-state index is 12.7. The summed E-state index contributed by atoms with van der Waals surface area (Å²) in [7, 11) is 0. The van der Waals surface area contributed by atoms with E-state index in [0.717, 1.165) is 40.0 Å². The average Bonchev–Trinajstić information content (AvgIpc) is 2.89. The molecule has 3 rings (SSSR count). The van der Waals surface area contributed by atoms with Gasteiger partial charge < -0.3 is 5.32 Å². The first-order chi connectivity index (χ1) is 12.2. The van der Waals surface area contributed by atoms with Crippen molar-refractivity contribution in [1.29, 1.82) is 5.26 Å². The van der Waals surface area contributed by atoms with Crippen LogP contribution in [0.4, 0.5) is 18.2 Å². The van der Waals surface area contributed by atoms with E-state index in [0.29, 0.717) is 18.4 Å². The van der Waals surface area contributed by atoms with Gasteiger partial charge in [-0.2, -0.15) is 18.4 Å². The van der Waals surface area contributed by atoms with Crippen molar-refractivity contribution in [3.05, 3.63) is 50.4 Å². The first-order valence-electron chi connectivity index (χ1n) is 7.45. The van der Waals surface area contributed by atoms with Gasteiger partial charge in [0, 0.05) is 23.3 Å². The quantitative estimate of drug-likeness (QED) is 0.803. The molecule has 0 spiro atoms. The Bertz CT molecular complexity index is 960. The minimum absolute atomic E-state index is 0.0608. The van der Waals surface area contributed by atoms with Gasteiger partial charge in [0.1, 0.15) is 16.9 Å². The number of anilines is 1. The molecule has 0 fully saturated rings. The van der Waals surface area contributed by atoms with Crippen LogP contribution in [0.15, 0.2) is 18.2 Å². The number of nitrogens with one attached hydrogen (secondary N) is 1. The van der Waals surface area contributed by atoms with Crippen molar-refractivity contribution in [2.75, 3.05) is 5.32 Å². The number of thiophene rings is 1. The molecule has 1 aromatic heterocycles. The molecule has 1 heterocycles. The van der Waals surface area contributed by atoms with Gasteiger partial charge in [0.2, 0.25) is 0 Å². The summed E-state index contributed by atoms with van der Waals surface area (Å²) in [5, 5.41) is 11.6. The van der Waals surface area contributed by atoms with E-state index in [1.807, 2.05) is 6.07 Å². The number of hydrogen-bond acceptors (Lipinski definition) is 4. The minimum atomic E-state index is -4.61. The Morgan fingerprint density at radius 2 is 2.04 bits per heavy atom. The Hall–Kier alpha value is -2.37. The van der Waals surface area contributed by atoms with Crippen molar-refractivity contribution in [2.45, 2.75) is 25.4 Å². The number of carbonyl (C=O) groups is 2. The van der Waals surface area contributed by atoms with Crippen LogP contribution in [0, 0.1) is 11.3 Å². The van der Waals surface area contributed by atoms with Gasteiger partial charge in [-0.25, -0.2) is 0 Å². The van der Waals surface area contributed by atoms with Crippen LogP contribution < -0.4 is 5.32 Å². The minimum Gasteiger partial charge on any atom is -0.312 e. The highest BCUT2D eigenvalue weighted by Crippen LogP contribution is 2.38. The molecule has 0 saturated heterocycles. The fourth-order valence-corrected chi connectivity index (χ4v) is 4.23. The molecule has 9 heteroatoms. The number of fused-ring (bicyclic) bond motifs is 1. The second-order valence-corrected chi connectivity index (χ2v) is 7.19. The molecule has 1 N–H and O–H groups in total. The summed E-state index contributed by atoms with van der Waals surface area (Å²) in [5.74, 6) is -0.613. The lowest BCUT2D eigenvalue weighted by molar-refractivity contribution is -0.137. The zero-order valence-electron chi connectivity index (χ0n) is 13.0. The largest absolute Gasteiger partial charge is 0.417 e. The summed E-state index contributed by atoms with van der Waals surface area (Å²) in [4.78, 5) is 24.6.